The fourth-order valence-corrected chi connectivity index (χ4v) is 2.79. The highest BCUT2D eigenvalue weighted by Crippen LogP contribution is 2.23. The average Bonchev–Trinajstić information content (AvgIpc) is 2.44. The number of likely N-dealkylation sites (tertiary alicyclic amines) is 1. The molecule has 1 aromatic rings. The molecule has 20 heavy (non-hydrogen) atoms. The molecule has 0 spiro atoms. The maximum Gasteiger partial charge on any atom is 0.253 e. The van der Waals surface area contributed by atoms with Crippen molar-refractivity contribution < 1.29 is 4.79 Å². The Morgan fingerprint density at radius 1 is 1.45 bits per heavy atom. The van der Waals surface area contributed by atoms with Gasteiger partial charge in [0.15, 0.2) is 0 Å². The van der Waals surface area contributed by atoms with Crippen LogP contribution in [0.25, 0.3) is 0 Å². The van der Waals surface area contributed by atoms with Crippen molar-refractivity contribution in [3.63, 3.8) is 0 Å². The van der Waals surface area contributed by atoms with Crippen molar-refractivity contribution in [2.24, 2.45) is 0 Å². The number of carbonyl (C=O) groups excluding carboxylic acids is 1. The van der Waals surface area contributed by atoms with Crippen LogP contribution in [0, 0.1) is 18.3 Å². The maximum absolute atomic E-state index is 12.4. The highest BCUT2D eigenvalue weighted by Gasteiger charge is 2.35. The first-order chi connectivity index (χ1) is 9.46. The maximum atomic E-state index is 12.4. The molecule has 0 radical (unpaired) electrons. The van der Waals surface area contributed by atoms with Gasteiger partial charge < -0.3 is 10.2 Å². The summed E-state index contributed by atoms with van der Waals surface area (Å²) in [5.74, 6) is -0.188. The topological polar surface area (TPSA) is 56.1 Å². The van der Waals surface area contributed by atoms with Gasteiger partial charge in [-0.3, -0.25) is 4.79 Å². The molecule has 1 aliphatic heterocycles. The van der Waals surface area contributed by atoms with Crippen molar-refractivity contribution in [1.82, 2.24) is 10.2 Å². The SMILES string of the molecule is Cc1ccc(Br)c(C(=O)NC2(C#N)CCN(C)CC2)c1. The monoisotopic (exact) mass is 335 g/mol. The van der Waals surface area contributed by atoms with Gasteiger partial charge in [-0.05, 0) is 54.9 Å². The molecule has 1 aliphatic rings. The first kappa shape index (κ1) is 15.0. The number of piperidine rings is 1. The molecule has 1 saturated heterocycles. The van der Waals surface area contributed by atoms with Crippen molar-refractivity contribution >= 4 is 21.8 Å². The molecule has 1 aromatic carbocycles. The highest BCUT2D eigenvalue weighted by molar-refractivity contribution is 9.10. The number of amides is 1. The van der Waals surface area contributed by atoms with Crippen LogP contribution in [0.5, 0.6) is 0 Å². The van der Waals surface area contributed by atoms with E-state index in [1.165, 1.54) is 0 Å². The lowest BCUT2D eigenvalue weighted by molar-refractivity contribution is 0.0881. The average molecular weight is 336 g/mol. The van der Waals surface area contributed by atoms with Crippen LogP contribution in [0.4, 0.5) is 0 Å². The molecule has 0 aromatic heterocycles. The molecule has 0 unspecified atom stereocenters. The Morgan fingerprint density at radius 3 is 2.70 bits per heavy atom. The predicted octanol–water partition coefficient (Wildman–Crippen LogP) is 2.48. The number of aryl methyl sites for hydroxylation is 1. The fourth-order valence-electron chi connectivity index (χ4n) is 2.36. The number of hydrogen-bond acceptors (Lipinski definition) is 3. The van der Waals surface area contributed by atoms with E-state index in [0.29, 0.717) is 18.4 Å². The molecule has 4 nitrogen and oxygen atoms in total. The van der Waals surface area contributed by atoms with Gasteiger partial charge in [-0.2, -0.15) is 5.26 Å². The first-order valence-electron chi connectivity index (χ1n) is 6.64. The number of halogens is 1. The molecule has 0 saturated carbocycles. The summed E-state index contributed by atoms with van der Waals surface area (Å²) in [7, 11) is 2.03. The van der Waals surface area contributed by atoms with Crippen LogP contribution in [-0.2, 0) is 0 Å². The van der Waals surface area contributed by atoms with E-state index in [2.05, 4.69) is 32.2 Å². The number of nitrogens with zero attached hydrogens (tertiary/aromatic N) is 2. The Bertz CT molecular complexity index is 557. The zero-order valence-corrected chi connectivity index (χ0v) is 13.3. The van der Waals surface area contributed by atoms with Crippen LogP contribution in [-0.4, -0.2) is 36.5 Å². The van der Waals surface area contributed by atoms with Crippen molar-refractivity contribution in [3.05, 3.63) is 33.8 Å². The van der Waals surface area contributed by atoms with Crippen LogP contribution in [0.3, 0.4) is 0 Å². The molecule has 0 aliphatic carbocycles. The molecule has 2 rings (SSSR count). The van der Waals surface area contributed by atoms with Crippen LogP contribution in [0.15, 0.2) is 22.7 Å². The van der Waals surface area contributed by atoms with Crippen molar-refractivity contribution in [3.8, 4) is 6.07 Å². The van der Waals surface area contributed by atoms with Crippen molar-refractivity contribution in [2.75, 3.05) is 20.1 Å². The van der Waals surface area contributed by atoms with Gasteiger partial charge in [0.1, 0.15) is 5.54 Å². The Hall–Kier alpha value is -1.38. The molecule has 106 valence electrons. The van der Waals surface area contributed by atoms with E-state index < -0.39 is 5.54 Å². The van der Waals surface area contributed by atoms with Crippen molar-refractivity contribution in [2.45, 2.75) is 25.3 Å². The number of hydrogen-bond donors (Lipinski definition) is 1. The summed E-state index contributed by atoms with van der Waals surface area (Å²) in [6, 6.07) is 7.93. The minimum absolute atomic E-state index is 0.188. The molecule has 5 heteroatoms. The minimum atomic E-state index is -0.743. The van der Waals surface area contributed by atoms with Crippen LogP contribution in [0.2, 0.25) is 0 Å². The minimum Gasteiger partial charge on any atom is -0.334 e. The standard InChI is InChI=1S/C15H18BrN3O/c1-11-3-4-13(16)12(9-11)14(20)18-15(10-17)5-7-19(2)8-6-15/h3-4,9H,5-8H2,1-2H3,(H,18,20). The third-order valence-corrected chi connectivity index (χ3v) is 4.47. The largest absolute Gasteiger partial charge is 0.334 e. The zero-order chi connectivity index (χ0) is 14.8. The Kier molecular flexibility index (Phi) is 4.46. The number of nitriles is 1. The van der Waals surface area contributed by atoms with Gasteiger partial charge in [-0.25, -0.2) is 0 Å². The van der Waals surface area contributed by atoms with Crippen LogP contribution < -0.4 is 5.32 Å². The second kappa shape index (κ2) is 5.94. The number of rotatable bonds is 2. The van der Waals surface area contributed by atoms with E-state index in [1.807, 2.05) is 32.2 Å². The Morgan fingerprint density at radius 2 is 2.10 bits per heavy atom. The van der Waals surface area contributed by atoms with Gasteiger partial charge in [0.05, 0.1) is 11.6 Å². The van der Waals surface area contributed by atoms with Gasteiger partial charge in [0, 0.05) is 17.6 Å². The van der Waals surface area contributed by atoms with Gasteiger partial charge in [0.25, 0.3) is 5.91 Å². The quantitative estimate of drug-likeness (QED) is 0.903. The van der Waals surface area contributed by atoms with Crippen LogP contribution >= 0.6 is 15.9 Å². The van der Waals surface area contributed by atoms with Gasteiger partial charge in [-0.15, -0.1) is 0 Å². The molecule has 1 N–H and O–H groups in total. The first-order valence-corrected chi connectivity index (χ1v) is 7.43. The zero-order valence-electron chi connectivity index (χ0n) is 11.7. The third-order valence-electron chi connectivity index (χ3n) is 3.77. The molecular formula is C15H18BrN3O. The van der Waals surface area contributed by atoms with E-state index in [0.717, 1.165) is 23.1 Å². The summed E-state index contributed by atoms with van der Waals surface area (Å²) in [6.07, 6.45) is 1.32. The van der Waals surface area contributed by atoms with Gasteiger partial charge >= 0.3 is 0 Å². The molecule has 0 atom stereocenters. The van der Waals surface area contributed by atoms with E-state index in [-0.39, 0.29) is 5.91 Å². The highest BCUT2D eigenvalue weighted by atomic mass is 79.9. The normalized spacial score (nSPS) is 18.3. The number of benzene rings is 1. The van der Waals surface area contributed by atoms with E-state index in [1.54, 1.807) is 0 Å². The summed E-state index contributed by atoms with van der Waals surface area (Å²) in [5, 5.41) is 12.4. The summed E-state index contributed by atoms with van der Waals surface area (Å²) < 4.78 is 0.751. The molecule has 1 amide bonds. The molecule has 1 heterocycles. The van der Waals surface area contributed by atoms with Gasteiger partial charge in [0.2, 0.25) is 0 Å². The summed E-state index contributed by atoms with van der Waals surface area (Å²) >= 11 is 3.39. The fraction of sp³-hybridized carbons (Fsp3) is 0.467. The van der Waals surface area contributed by atoms with Crippen LogP contribution in [0.1, 0.15) is 28.8 Å². The van der Waals surface area contributed by atoms with E-state index >= 15 is 0 Å². The third kappa shape index (κ3) is 3.20. The second-order valence-corrected chi connectivity index (χ2v) is 6.29. The lowest BCUT2D eigenvalue weighted by Gasteiger charge is -2.36. The summed E-state index contributed by atoms with van der Waals surface area (Å²) in [5.41, 5.74) is 0.860. The smallest absolute Gasteiger partial charge is 0.253 e. The second-order valence-electron chi connectivity index (χ2n) is 5.43. The van der Waals surface area contributed by atoms with Crippen molar-refractivity contribution in [1.29, 1.82) is 5.26 Å². The summed E-state index contributed by atoms with van der Waals surface area (Å²) in [6.45, 7) is 3.59. The Labute approximate surface area is 127 Å². The van der Waals surface area contributed by atoms with E-state index in [4.69, 9.17) is 0 Å². The van der Waals surface area contributed by atoms with Gasteiger partial charge in [-0.1, -0.05) is 11.6 Å². The number of nitrogens with one attached hydrogen (secondary N) is 1. The number of carbonyl (C=O) groups is 1. The summed E-state index contributed by atoms with van der Waals surface area (Å²) in [4.78, 5) is 14.6. The lowest BCUT2D eigenvalue weighted by Crippen LogP contribution is -2.53. The van der Waals surface area contributed by atoms with E-state index in [9.17, 15) is 10.1 Å². The Balaban J connectivity index is 2.18. The molecule has 1 fully saturated rings. The predicted molar refractivity (Wildman–Crippen MR) is 81.4 cm³/mol. The molecular weight excluding hydrogens is 318 g/mol. The molecule has 0 bridgehead atoms. The lowest BCUT2D eigenvalue weighted by atomic mass is 9.89.